The third-order valence-corrected chi connectivity index (χ3v) is 8.40. The molecule has 3 rings (SSSR count). The summed E-state index contributed by atoms with van der Waals surface area (Å²) in [6.45, 7) is 4.24. The number of benzene rings is 1. The largest absolute Gasteiger partial charge is 0.371 e. The Kier molecular flexibility index (Phi) is 7.76. The smallest absolute Gasteiger partial charge is 0.317 e. The van der Waals surface area contributed by atoms with Crippen molar-refractivity contribution in [3.8, 4) is 0 Å². The van der Waals surface area contributed by atoms with E-state index in [0.29, 0.717) is 36.0 Å². The van der Waals surface area contributed by atoms with Crippen LogP contribution in [0.2, 0.25) is 10.0 Å². The summed E-state index contributed by atoms with van der Waals surface area (Å²) in [5.41, 5.74) is 1.00. The monoisotopic (exact) mass is 476 g/mol. The maximum atomic E-state index is 12.7. The van der Waals surface area contributed by atoms with Gasteiger partial charge in [0.25, 0.3) is 0 Å². The molecule has 0 aromatic heterocycles. The number of hydrogen-bond acceptors (Lipinski definition) is 4. The Morgan fingerprint density at radius 3 is 2.17 bits per heavy atom. The lowest BCUT2D eigenvalue weighted by Crippen LogP contribution is -2.53. The maximum Gasteiger partial charge on any atom is 0.317 e. The highest BCUT2D eigenvalue weighted by Gasteiger charge is 2.31. The lowest BCUT2D eigenvalue weighted by atomic mass is 10.0. The summed E-state index contributed by atoms with van der Waals surface area (Å²) in [7, 11) is -1.36. The van der Waals surface area contributed by atoms with Gasteiger partial charge in [-0.05, 0) is 50.8 Å². The number of carbonyl (C=O) groups is 1. The van der Waals surface area contributed by atoms with Crippen molar-refractivity contribution in [3.63, 3.8) is 0 Å². The standard InChI is InChI=1S/C20H30Cl2N4O3S/c1-3-30(28,29)26-10-6-18(7-11-26)24(2)20(27)23-17-4-8-25(9-5-17)19-13-15(21)12-16(22)14-19/h12-14,17-18H,3-11H2,1-2H3,(H,23,27). The third-order valence-electron chi connectivity index (χ3n) is 6.08. The van der Waals surface area contributed by atoms with Gasteiger partial charge in [-0.1, -0.05) is 23.2 Å². The lowest BCUT2D eigenvalue weighted by molar-refractivity contribution is 0.158. The molecule has 7 nitrogen and oxygen atoms in total. The van der Waals surface area contributed by atoms with Gasteiger partial charge in [0.2, 0.25) is 10.0 Å². The average molecular weight is 477 g/mol. The Balaban J connectivity index is 1.46. The van der Waals surface area contributed by atoms with E-state index < -0.39 is 10.0 Å². The number of nitrogens with one attached hydrogen (secondary N) is 1. The van der Waals surface area contributed by atoms with Gasteiger partial charge in [0.15, 0.2) is 0 Å². The van der Waals surface area contributed by atoms with Crippen LogP contribution in [-0.4, -0.2) is 74.7 Å². The van der Waals surface area contributed by atoms with Crippen LogP contribution in [-0.2, 0) is 10.0 Å². The van der Waals surface area contributed by atoms with Gasteiger partial charge in [-0.25, -0.2) is 17.5 Å². The molecule has 0 radical (unpaired) electrons. The zero-order valence-electron chi connectivity index (χ0n) is 17.5. The number of nitrogens with zero attached hydrogens (tertiary/aromatic N) is 3. The average Bonchev–Trinajstić information content (AvgIpc) is 2.73. The van der Waals surface area contributed by atoms with Crippen molar-refractivity contribution in [2.45, 2.75) is 44.7 Å². The molecule has 0 bridgehead atoms. The lowest BCUT2D eigenvalue weighted by Gasteiger charge is -2.38. The van der Waals surface area contributed by atoms with E-state index in [9.17, 15) is 13.2 Å². The Hall–Kier alpha value is -1.22. The maximum absolute atomic E-state index is 12.7. The first kappa shape index (κ1) is 23.4. The molecule has 1 aromatic carbocycles. The number of halogens is 2. The number of carbonyl (C=O) groups excluding carboxylic acids is 1. The van der Waals surface area contributed by atoms with Crippen molar-refractivity contribution in [2.75, 3.05) is 43.9 Å². The zero-order valence-corrected chi connectivity index (χ0v) is 19.8. The van der Waals surface area contributed by atoms with Crippen LogP contribution in [0.25, 0.3) is 0 Å². The second kappa shape index (κ2) is 9.94. The van der Waals surface area contributed by atoms with E-state index in [1.165, 1.54) is 4.31 Å². The van der Waals surface area contributed by atoms with Gasteiger partial charge >= 0.3 is 6.03 Å². The van der Waals surface area contributed by atoms with Crippen molar-refractivity contribution in [3.05, 3.63) is 28.2 Å². The SMILES string of the molecule is CCS(=O)(=O)N1CCC(N(C)C(=O)NC2CCN(c3cc(Cl)cc(Cl)c3)CC2)CC1. The fourth-order valence-electron chi connectivity index (χ4n) is 4.14. The summed E-state index contributed by atoms with van der Waals surface area (Å²) in [4.78, 5) is 16.7. The van der Waals surface area contributed by atoms with E-state index in [1.807, 2.05) is 12.1 Å². The van der Waals surface area contributed by atoms with E-state index in [0.717, 1.165) is 31.6 Å². The molecule has 2 amide bonds. The van der Waals surface area contributed by atoms with Gasteiger partial charge in [-0.15, -0.1) is 0 Å². The molecule has 0 atom stereocenters. The molecule has 2 saturated heterocycles. The highest BCUT2D eigenvalue weighted by molar-refractivity contribution is 7.89. The van der Waals surface area contributed by atoms with Crippen molar-refractivity contribution >= 4 is 44.9 Å². The van der Waals surface area contributed by atoms with E-state index in [-0.39, 0.29) is 23.9 Å². The molecule has 0 saturated carbocycles. The normalized spacial score (nSPS) is 19.7. The van der Waals surface area contributed by atoms with Gasteiger partial charge in [0, 0.05) is 61.0 Å². The summed E-state index contributed by atoms with van der Waals surface area (Å²) in [6.07, 6.45) is 3.02. The molecule has 1 N–H and O–H groups in total. The van der Waals surface area contributed by atoms with Gasteiger partial charge in [0.1, 0.15) is 0 Å². The van der Waals surface area contributed by atoms with E-state index in [4.69, 9.17) is 23.2 Å². The Bertz CT molecular complexity index is 831. The molecule has 2 heterocycles. The van der Waals surface area contributed by atoms with Crippen LogP contribution < -0.4 is 10.2 Å². The first-order valence-corrected chi connectivity index (χ1v) is 12.8. The van der Waals surface area contributed by atoms with Crippen LogP contribution in [0.1, 0.15) is 32.6 Å². The first-order chi connectivity index (χ1) is 14.2. The number of rotatable bonds is 5. The second-order valence-electron chi connectivity index (χ2n) is 7.98. The summed E-state index contributed by atoms with van der Waals surface area (Å²) >= 11 is 12.2. The molecule has 0 unspecified atom stereocenters. The molecule has 2 fully saturated rings. The van der Waals surface area contributed by atoms with Gasteiger partial charge < -0.3 is 15.1 Å². The first-order valence-electron chi connectivity index (χ1n) is 10.4. The Morgan fingerprint density at radius 1 is 1.07 bits per heavy atom. The van der Waals surface area contributed by atoms with Crippen molar-refractivity contribution in [2.24, 2.45) is 0 Å². The van der Waals surface area contributed by atoms with Gasteiger partial charge in [-0.3, -0.25) is 0 Å². The van der Waals surface area contributed by atoms with E-state index in [1.54, 1.807) is 24.9 Å². The van der Waals surface area contributed by atoms with E-state index >= 15 is 0 Å². The molecule has 30 heavy (non-hydrogen) atoms. The Morgan fingerprint density at radius 2 is 1.63 bits per heavy atom. The van der Waals surface area contributed by atoms with Crippen molar-refractivity contribution < 1.29 is 13.2 Å². The van der Waals surface area contributed by atoms with Gasteiger partial charge in [0.05, 0.1) is 5.75 Å². The van der Waals surface area contributed by atoms with E-state index in [2.05, 4.69) is 10.2 Å². The molecule has 0 spiro atoms. The number of piperidine rings is 2. The fraction of sp³-hybridized carbons (Fsp3) is 0.650. The predicted molar refractivity (Wildman–Crippen MR) is 122 cm³/mol. The van der Waals surface area contributed by atoms with Crippen LogP contribution in [0.3, 0.4) is 0 Å². The molecular weight excluding hydrogens is 447 g/mol. The fourth-order valence-corrected chi connectivity index (χ4v) is 5.78. The van der Waals surface area contributed by atoms with Gasteiger partial charge in [-0.2, -0.15) is 0 Å². The molecule has 0 aliphatic carbocycles. The Labute approximate surface area is 189 Å². The number of amides is 2. The van der Waals surface area contributed by atoms with Crippen molar-refractivity contribution in [1.82, 2.24) is 14.5 Å². The highest BCUT2D eigenvalue weighted by atomic mass is 35.5. The zero-order chi connectivity index (χ0) is 21.9. The number of anilines is 1. The summed E-state index contributed by atoms with van der Waals surface area (Å²) in [6, 6.07) is 5.62. The molecule has 2 aliphatic rings. The summed E-state index contributed by atoms with van der Waals surface area (Å²) in [5.74, 6) is 0.119. The van der Waals surface area contributed by atoms with Crippen LogP contribution in [0.15, 0.2) is 18.2 Å². The number of urea groups is 1. The minimum atomic E-state index is -3.15. The van der Waals surface area contributed by atoms with Crippen LogP contribution in [0, 0.1) is 0 Å². The quantitative estimate of drug-likeness (QED) is 0.706. The summed E-state index contributed by atoms with van der Waals surface area (Å²) in [5, 5.41) is 4.38. The molecular formula is C20H30Cl2N4O3S. The highest BCUT2D eigenvalue weighted by Crippen LogP contribution is 2.27. The second-order valence-corrected chi connectivity index (χ2v) is 11.1. The minimum absolute atomic E-state index is 0.0574. The molecule has 2 aliphatic heterocycles. The van der Waals surface area contributed by atoms with Crippen LogP contribution in [0.4, 0.5) is 10.5 Å². The van der Waals surface area contributed by atoms with Crippen LogP contribution >= 0.6 is 23.2 Å². The third kappa shape index (κ3) is 5.72. The number of hydrogen-bond donors (Lipinski definition) is 1. The van der Waals surface area contributed by atoms with Crippen LogP contribution in [0.5, 0.6) is 0 Å². The summed E-state index contributed by atoms with van der Waals surface area (Å²) < 4.78 is 25.6. The topological polar surface area (TPSA) is 73.0 Å². The van der Waals surface area contributed by atoms with Crippen molar-refractivity contribution in [1.29, 1.82) is 0 Å². The molecule has 10 heteroatoms. The minimum Gasteiger partial charge on any atom is -0.371 e. The number of sulfonamides is 1. The molecule has 1 aromatic rings. The predicted octanol–water partition coefficient (Wildman–Crippen LogP) is 3.42. The molecule has 168 valence electrons.